The summed E-state index contributed by atoms with van der Waals surface area (Å²) in [4.78, 5) is 10.8. The van der Waals surface area contributed by atoms with Gasteiger partial charge in [-0.2, -0.15) is 13.2 Å². The first-order valence-corrected chi connectivity index (χ1v) is 6.19. The third kappa shape index (κ3) is 3.06. The van der Waals surface area contributed by atoms with Gasteiger partial charge in [-0.05, 0) is 34.5 Å². The van der Waals surface area contributed by atoms with Crippen LogP contribution in [0.3, 0.4) is 0 Å². The zero-order valence-electron chi connectivity index (χ0n) is 10.5. The maximum absolute atomic E-state index is 12.9. The maximum atomic E-state index is 12.9. The maximum Gasteiger partial charge on any atom is 0.417 e. The Morgan fingerprint density at radius 3 is 2.48 bits per heavy atom. The third-order valence-corrected chi connectivity index (χ3v) is 3.29. The lowest BCUT2D eigenvalue weighted by Gasteiger charge is -2.13. The van der Waals surface area contributed by atoms with E-state index in [4.69, 9.17) is 11.6 Å². The number of hydrogen-bond acceptors (Lipinski definition) is 3. The lowest BCUT2D eigenvalue weighted by Crippen LogP contribution is -2.06. The minimum atomic E-state index is -4.62. The summed E-state index contributed by atoms with van der Waals surface area (Å²) in [7, 11) is 0. The molecule has 0 saturated heterocycles. The van der Waals surface area contributed by atoms with Crippen molar-refractivity contribution in [2.24, 2.45) is 5.18 Å². The second kappa shape index (κ2) is 5.83. The molecule has 21 heavy (non-hydrogen) atoms. The van der Waals surface area contributed by atoms with E-state index in [0.717, 1.165) is 12.1 Å². The first-order valence-electron chi connectivity index (χ1n) is 5.81. The van der Waals surface area contributed by atoms with E-state index in [9.17, 15) is 23.2 Å². The van der Waals surface area contributed by atoms with Crippen molar-refractivity contribution in [1.29, 1.82) is 0 Å². The summed E-state index contributed by atoms with van der Waals surface area (Å²) in [5, 5.41) is 11.6. The van der Waals surface area contributed by atoms with Gasteiger partial charge < -0.3 is 5.11 Å². The smallest absolute Gasteiger partial charge is 0.392 e. The Hall–Kier alpha value is -1.92. The van der Waals surface area contributed by atoms with Crippen molar-refractivity contribution in [2.75, 3.05) is 0 Å². The minimum Gasteiger partial charge on any atom is -0.392 e. The standard InChI is InChI=1S/C14H9ClF3NO2/c15-11-5-4-8(6-10(11)14(16,17)18)13-9(7-20)2-1-3-12(13)19-21/h1-6,20H,7H2. The Morgan fingerprint density at radius 2 is 1.90 bits per heavy atom. The van der Waals surface area contributed by atoms with Crippen molar-refractivity contribution in [3.05, 3.63) is 57.5 Å². The highest BCUT2D eigenvalue weighted by molar-refractivity contribution is 6.31. The van der Waals surface area contributed by atoms with E-state index < -0.39 is 23.4 Å². The monoisotopic (exact) mass is 315 g/mol. The second-order valence-corrected chi connectivity index (χ2v) is 4.66. The van der Waals surface area contributed by atoms with Crippen LogP contribution in [0, 0.1) is 4.91 Å². The van der Waals surface area contributed by atoms with Crippen LogP contribution in [0.1, 0.15) is 11.1 Å². The number of aliphatic hydroxyl groups excluding tert-OH is 1. The van der Waals surface area contributed by atoms with Gasteiger partial charge >= 0.3 is 6.18 Å². The molecular weight excluding hydrogens is 307 g/mol. The van der Waals surface area contributed by atoms with Gasteiger partial charge in [-0.1, -0.05) is 29.8 Å². The van der Waals surface area contributed by atoms with Crippen LogP contribution in [0.15, 0.2) is 41.6 Å². The molecule has 0 aliphatic rings. The van der Waals surface area contributed by atoms with Crippen LogP contribution in [0.2, 0.25) is 5.02 Å². The lowest BCUT2D eigenvalue weighted by molar-refractivity contribution is -0.137. The molecule has 0 atom stereocenters. The quantitative estimate of drug-likeness (QED) is 0.818. The number of halogens is 4. The first kappa shape index (κ1) is 15.5. The van der Waals surface area contributed by atoms with E-state index in [0.29, 0.717) is 5.56 Å². The Bertz CT molecular complexity index is 686. The largest absolute Gasteiger partial charge is 0.417 e. The van der Waals surface area contributed by atoms with E-state index in [-0.39, 0.29) is 16.8 Å². The third-order valence-electron chi connectivity index (χ3n) is 2.96. The van der Waals surface area contributed by atoms with Gasteiger partial charge in [-0.15, -0.1) is 4.91 Å². The van der Waals surface area contributed by atoms with Crippen molar-refractivity contribution >= 4 is 17.3 Å². The highest BCUT2D eigenvalue weighted by atomic mass is 35.5. The van der Waals surface area contributed by atoms with Crippen LogP contribution >= 0.6 is 11.6 Å². The van der Waals surface area contributed by atoms with Crippen LogP contribution in [0.4, 0.5) is 18.9 Å². The number of benzene rings is 2. The van der Waals surface area contributed by atoms with Gasteiger partial charge in [0.25, 0.3) is 0 Å². The molecule has 0 spiro atoms. The van der Waals surface area contributed by atoms with E-state index >= 15 is 0 Å². The van der Waals surface area contributed by atoms with Crippen molar-refractivity contribution in [3.8, 4) is 11.1 Å². The van der Waals surface area contributed by atoms with Crippen molar-refractivity contribution in [2.45, 2.75) is 12.8 Å². The summed E-state index contributed by atoms with van der Waals surface area (Å²) in [5.41, 5.74) is -0.464. The molecule has 2 aromatic carbocycles. The molecule has 7 heteroatoms. The van der Waals surface area contributed by atoms with Gasteiger partial charge in [0.1, 0.15) is 5.69 Å². The fourth-order valence-electron chi connectivity index (χ4n) is 2.03. The number of nitroso groups, excluding NO2 is 1. The summed E-state index contributed by atoms with van der Waals surface area (Å²) >= 11 is 5.56. The normalized spacial score (nSPS) is 11.5. The van der Waals surface area contributed by atoms with E-state index in [2.05, 4.69) is 5.18 Å². The van der Waals surface area contributed by atoms with Gasteiger partial charge in [0.15, 0.2) is 0 Å². The molecule has 0 radical (unpaired) electrons. The average molecular weight is 316 g/mol. The molecule has 2 rings (SSSR count). The zero-order chi connectivity index (χ0) is 15.6. The zero-order valence-corrected chi connectivity index (χ0v) is 11.2. The van der Waals surface area contributed by atoms with Crippen LogP contribution in [0.5, 0.6) is 0 Å². The molecule has 0 aliphatic heterocycles. The minimum absolute atomic E-state index is 0.0444. The summed E-state index contributed by atoms with van der Waals surface area (Å²) in [6.45, 7) is -0.428. The Labute approximate surface area is 123 Å². The molecule has 110 valence electrons. The van der Waals surface area contributed by atoms with Gasteiger partial charge in [0.2, 0.25) is 0 Å². The van der Waals surface area contributed by atoms with Crippen LogP contribution in [-0.4, -0.2) is 5.11 Å². The van der Waals surface area contributed by atoms with Crippen LogP contribution < -0.4 is 0 Å². The Kier molecular flexibility index (Phi) is 4.29. The Balaban J connectivity index is 2.71. The van der Waals surface area contributed by atoms with E-state index in [1.807, 2.05) is 0 Å². The molecule has 0 saturated carbocycles. The van der Waals surface area contributed by atoms with Crippen molar-refractivity contribution in [3.63, 3.8) is 0 Å². The molecule has 0 bridgehead atoms. The summed E-state index contributed by atoms with van der Waals surface area (Å²) in [5.74, 6) is 0. The number of hydrogen-bond donors (Lipinski definition) is 1. The molecule has 3 nitrogen and oxygen atoms in total. The van der Waals surface area contributed by atoms with Crippen molar-refractivity contribution in [1.82, 2.24) is 0 Å². The van der Waals surface area contributed by atoms with Crippen LogP contribution in [0.25, 0.3) is 11.1 Å². The summed E-state index contributed by atoms with van der Waals surface area (Å²) in [6.07, 6.45) is -4.62. The highest BCUT2D eigenvalue weighted by Gasteiger charge is 2.33. The SMILES string of the molecule is O=Nc1cccc(CO)c1-c1ccc(Cl)c(C(F)(F)F)c1. The fraction of sp³-hybridized carbons (Fsp3) is 0.143. The molecule has 2 aromatic rings. The fourth-order valence-corrected chi connectivity index (χ4v) is 2.25. The van der Waals surface area contributed by atoms with E-state index in [1.165, 1.54) is 24.3 Å². The van der Waals surface area contributed by atoms with Gasteiger partial charge in [0.05, 0.1) is 17.2 Å². The molecule has 0 fully saturated rings. The van der Waals surface area contributed by atoms with Gasteiger partial charge in [0, 0.05) is 5.56 Å². The van der Waals surface area contributed by atoms with Gasteiger partial charge in [-0.3, -0.25) is 0 Å². The van der Waals surface area contributed by atoms with Gasteiger partial charge in [-0.25, -0.2) is 0 Å². The number of alkyl halides is 3. The molecule has 0 heterocycles. The van der Waals surface area contributed by atoms with Crippen molar-refractivity contribution < 1.29 is 18.3 Å². The molecule has 0 amide bonds. The number of nitrogens with zero attached hydrogens (tertiary/aromatic N) is 1. The molecular formula is C14H9ClF3NO2. The summed E-state index contributed by atoms with van der Waals surface area (Å²) < 4.78 is 38.7. The molecule has 0 aromatic heterocycles. The predicted octanol–water partition coefficient (Wildman–Crippen LogP) is 4.92. The first-order chi connectivity index (χ1) is 9.88. The second-order valence-electron chi connectivity index (χ2n) is 4.25. The number of aliphatic hydroxyl groups is 1. The Morgan fingerprint density at radius 1 is 1.19 bits per heavy atom. The highest BCUT2D eigenvalue weighted by Crippen LogP contribution is 2.40. The predicted molar refractivity (Wildman–Crippen MR) is 73.3 cm³/mol. The average Bonchev–Trinajstić information content (AvgIpc) is 2.45. The van der Waals surface area contributed by atoms with E-state index in [1.54, 1.807) is 0 Å². The summed E-state index contributed by atoms with van der Waals surface area (Å²) in [6, 6.07) is 7.65. The number of rotatable bonds is 3. The molecule has 0 unspecified atom stereocenters. The van der Waals surface area contributed by atoms with Crippen LogP contribution in [-0.2, 0) is 12.8 Å². The topological polar surface area (TPSA) is 49.7 Å². The lowest BCUT2D eigenvalue weighted by atomic mass is 9.96. The molecule has 0 aliphatic carbocycles. The molecule has 1 N–H and O–H groups in total.